The first-order chi connectivity index (χ1) is 13.6. The number of carbonyl (C=O) groups excluding carboxylic acids is 2. The van der Waals surface area contributed by atoms with Crippen molar-refractivity contribution in [3.63, 3.8) is 0 Å². The predicted octanol–water partition coefficient (Wildman–Crippen LogP) is 5.57. The van der Waals surface area contributed by atoms with E-state index in [2.05, 4.69) is 15.9 Å². The van der Waals surface area contributed by atoms with Crippen LogP contribution in [0.4, 0.5) is 0 Å². The number of halogens is 1. The van der Waals surface area contributed by atoms with E-state index in [9.17, 15) is 9.59 Å². The Morgan fingerprint density at radius 1 is 0.857 bits per heavy atom. The van der Waals surface area contributed by atoms with Gasteiger partial charge in [0.25, 0.3) is 0 Å². The van der Waals surface area contributed by atoms with Gasteiger partial charge < -0.3 is 9.47 Å². The summed E-state index contributed by atoms with van der Waals surface area (Å²) in [4.78, 5) is 24.5. The van der Waals surface area contributed by atoms with Crippen LogP contribution in [0.2, 0.25) is 0 Å². The zero-order valence-corrected chi connectivity index (χ0v) is 16.7. The van der Waals surface area contributed by atoms with E-state index >= 15 is 0 Å². The molecule has 28 heavy (non-hydrogen) atoms. The van der Waals surface area contributed by atoms with Crippen LogP contribution in [0.1, 0.15) is 26.3 Å². The highest BCUT2D eigenvalue weighted by Crippen LogP contribution is 2.20. The molecule has 0 radical (unpaired) electrons. The van der Waals surface area contributed by atoms with Crippen LogP contribution in [0, 0.1) is 0 Å². The minimum atomic E-state index is -0.467. The van der Waals surface area contributed by atoms with E-state index in [-0.39, 0.29) is 5.78 Å². The lowest BCUT2D eigenvalue weighted by Crippen LogP contribution is -2.09. The Morgan fingerprint density at radius 3 is 2.14 bits per heavy atom. The lowest BCUT2D eigenvalue weighted by atomic mass is 10.1. The maximum absolute atomic E-state index is 12.3. The molecule has 5 heteroatoms. The van der Waals surface area contributed by atoms with Crippen molar-refractivity contribution in [3.8, 4) is 11.5 Å². The zero-order chi connectivity index (χ0) is 19.9. The summed E-state index contributed by atoms with van der Waals surface area (Å²) in [5.74, 6) is 0.526. The standard InChI is InChI=1S/C23H17BrO4/c1-27-18-11-6-16(7-12-18)8-15-22(25)17-9-13-19(14-10-17)28-23(26)20-4-2-3-5-21(20)24/h2-15H,1H3/b15-8+. The van der Waals surface area contributed by atoms with Gasteiger partial charge in [-0.05, 0) is 76.1 Å². The second-order valence-electron chi connectivity index (χ2n) is 5.86. The molecule has 0 heterocycles. The summed E-state index contributed by atoms with van der Waals surface area (Å²) >= 11 is 3.33. The molecule has 3 rings (SSSR count). The first-order valence-corrected chi connectivity index (χ1v) is 9.29. The Kier molecular flexibility index (Phi) is 6.40. The molecule has 0 saturated carbocycles. The van der Waals surface area contributed by atoms with E-state index in [1.54, 1.807) is 55.7 Å². The van der Waals surface area contributed by atoms with E-state index < -0.39 is 5.97 Å². The van der Waals surface area contributed by atoms with E-state index in [1.165, 1.54) is 6.08 Å². The number of ether oxygens (including phenoxy) is 2. The Morgan fingerprint density at radius 2 is 1.50 bits per heavy atom. The van der Waals surface area contributed by atoms with E-state index in [4.69, 9.17) is 9.47 Å². The summed E-state index contributed by atoms with van der Waals surface area (Å²) in [6.07, 6.45) is 3.24. The van der Waals surface area contributed by atoms with E-state index in [0.717, 1.165) is 11.3 Å². The summed E-state index contributed by atoms with van der Waals surface area (Å²) in [6, 6.07) is 20.9. The van der Waals surface area contributed by atoms with Crippen molar-refractivity contribution in [2.75, 3.05) is 7.11 Å². The van der Waals surface area contributed by atoms with Gasteiger partial charge in [0.2, 0.25) is 0 Å². The van der Waals surface area contributed by atoms with Crippen LogP contribution in [0.3, 0.4) is 0 Å². The molecule has 0 spiro atoms. The molecule has 0 aliphatic rings. The molecule has 0 aliphatic heterocycles. The number of hydrogen-bond donors (Lipinski definition) is 0. The van der Waals surface area contributed by atoms with Crippen LogP contribution >= 0.6 is 15.9 Å². The molecule has 0 atom stereocenters. The number of carbonyl (C=O) groups is 2. The van der Waals surface area contributed by atoms with Crippen molar-refractivity contribution in [2.24, 2.45) is 0 Å². The number of benzene rings is 3. The third kappa shape index (κ3) is 4.96. The summed E-state index contributed by atoms with van der Waals surface area (Å²) in [5, 5.41) is 0. The molecule has 3 aromatic rings. The summed E-state index contributed by atoms with van der Waals surface area (Å²) < 4.78 is 11.1. The minimum absolute atomic E-state index is 0.139. The monoisotopic (exact) mass is 436 g/mol. The van der Waals surface area contributed by atoms with Crippen molar-refractivity contribution < 1.29 is 19.1 Å². The second-order valence-corrected chi connectivity index (χ2v) is 6.72. The van der Waals surface area contributed by atoms with Gasteiger partial charge in [0.1, 0.15) is 11.5 Å². The number of allylic oxidation sites excluding steroid dienone is 1. The average molecular weight is 437 g/mol. The normalized spacial score (nSPS) is 10.6. The summed E-state index contributed by atoms with van der Waals surface area (Å²) in [6.45, 7) is 0. The second kappa shape index (κ2) is 9.15. The van der Waals surface area contributed by atoms with Gasteiger partial charge in [0.05, 0.1) is 12.7 Å². The largest absolute Gasteiger partial charge is 0.497 e. The molecule has 0 aromatic heterocycles. The molecule has 4 nitrogen and oxygen atoms in total. The molecular formula is C23H17BrO4. The lowest BCUT2D eigenvalue weighted by molar-refractivity contribution is 0.0733. The fourth-order valence-electron chi connectivity index (χ4n) is 2.46. The first kappa shape index (κ1) is 19.6. The fraction of sp³-hybridized carbons (Fsp3) is 0.0435. The molecular weight excluding hydrogens is 420 g/mol. The number of esters is 1. The molecule has 0 unspecified atom stereocenters. The van der Waals surface area contributed by atoms with Crippen LogP contribution in [0.25, 0.3) is 6.08 Å². The number of ketones is 1. The highest BCUT2D eigenvalue weighted by molar-refractivity contribution is 9.10. The minimum Gasteiger partial charge on any atom is -0.497 e. The molecule has 0 amide bonds. The molecule has 0 bridgehead atoms. The van der Waals surface area contributed by atoms with Crippen molar-refractivity contribution in [2.45, 2.75) is 0 Å². The van der Waals surface area contributed by atoms with Gasteiger partial charge in [0, 0.05) is 10.0 Å². The van der Waals surface area contributed by atoms with Gasteiger partial charge in [-0.3, -0.25) is 4.79 Å². The topological polar surface area (TPSA) is 52.6 Å². The molecule has 0 fully saturated rings. The van der Waals surface area contributed by atoms with Crippen LogP contribution in [0.5, 0.6) is 11.5 Å². The smallest absolute Gasteiger partial charge is 0.344 e. The van der Waals surface area contributed by atoms with Gasteiger partial charge in [-0.1, -0.05) is 30.3 Å². The molecule has 0 saturated heterocycles. The predicted molar refractivity (Wildman–Crippen MR) is 112 cm³/mol. The van der Waals surface area contributed by atoms with Gasteiger partial charge in [-0.2, -0.15) is 0 Å². The van der Waals surface area contributed by atoms with E-state index in [0.29, 0.717) is 21.3 Å². The van der Waals surface area contributed by atoms with Crippen LogP contribution in [-0.2, 0) is 0 Å². The Balaban J connectivity index is 1.64. The van der Waals surface area contributed by atoms with Crippen molar-refractivity contribution in [1.29, 1.82) is 0 Å². The lowest BCUT2D eigenvalue weighted by Gasteiger charge is -2.06. The first-order valence-electron chi connectivity index (χ1n) is 8.50. The van der Waals surface area contributed by atoms with Crippen molar-refractivity contribution in [3.05, 3.63) is 100 Å². The molecule has 3 aromatic carbocycles. The van der Waals surface area contributed by atoms with Crippen LogP contribution in [0.15, 0.2) is 83.3 Å². The maximum atomic E-state index is 12.3. The van der Waals surface area contributed by atoms with Gasteiger partial charge >= 0.3 is 5.97 Å². The van der Waals surface area contributed by atoms with Gasteiger partial charge in [-0.15, -0.1) is 0 Å². The Bertz CT molecular complexity index is 1010. The Hall–Kier alpha value is -3.18. The number of methoxy groups -OCH3 is 1. The highest BCUT2D eigenvalue weighted by atomic mass is 79.9. The average Bonchev–Trinajstić information content (AvgIpc) is 2.73. The maximum Gasteiger partial charge on any atom is 0.344 e. The third-order valence-electron chi connectivity index (χ3n) is 3.99. The Labute approximate surface area is 171 Å². The van der Waals surface area contributed by atoms with Crippen molar-refractivity contribution in [1.82, 2.24) is 0 Å². The fourth-order valence-corrected chi connectivity index (χ4v) is 2.91. The van der Waals surface area contributed by atoms with Crippen LogP contribution < -0.4 is 9.47 Å². The summed E-state index contributed by atoms with van der Waals surface area (Å²) in [7, 11) is 1.61. The quantitative estimate of drug-likeness (QED) is 0.219. The third-order valence-corrected chi connectivity index (χ3v) is 4.68. The molecule has 140 valence electrons. The molecule has 0 N–H and O–H groups in total. The molecule has 0 aliphatic carbocycles. The van der Waals surface area contributed by atoms with Gasteiger partial charge in [-0.25, -0.2) is 4.79 Å². The SMILES string of the molecule is COc1ccc(/C=C/C(=O)c2ccc(OC(=O)c3ccccc3Br)cc2)cc1. The highest BCUT2D eigenvalue weighted by Gasteiger charge is 2.12. The number of hydrogen-bond acceptors (Lipinski definition) is 4. The zero-order valence-electron chi connectivity index (χ0n) is 15.1. The van der Waals surface area contributed by atoms with Crippen molar-refractivity contribution >= 4 is 33.8 Å². The van der Waals surface area contributed by atoms with E-state index in [1.807, 2.05) is 30.3 Å². The number of rotatable bonds is 6. The summed E-state index contributed by atoms with van der Waals surface area (Å²) in [5.41, 5.74) is 1.84. The van der Waals surface area contributed by atoms with Gasteiger partial charge in [0.15, 0.2) is 5.78 Å². The van der Waals surface area contributed by atoms with Crippen LogP contribution in [-0.4, -0.2) is 18.9 Å².